The normalized spacial score (nSPS) is 10.3. The van der Waals surface area contributed by atoms with Crippen molar-refractivity contribution >= 4 is 17.4 Å². The molecule has 0 fully saturated rings. The molecule has 2 heteroatoms. The van der Waals surface area contributed by atoms with Gasteiger partial charge in [-0.05, 0) is 29.3 Å². The molecule has 3 aromatic carbocycles. The Morgan fingerprint density at radius 1 is 0.667 bits per heavy atom. The van der Waals surface area contributed by atoms with Crippen LogP contribution in [0.5, 0.6) is 0 Å². The molecule has 0 bridgehead atoms. The molecule has 3 aromatic rings. The van der Waals surface area contributed by atoms with E-state index in [0.717, 1.165) is 11.1 Å². The summed E-state index contributed by atoms with van der Waals surface area (Å²) < 4.78 is 0. The number of rotatable bonds is 3. The highest BCUT2D eigenvalue weighted by Crippen LogP contribution is 2.22. The fourth-order valence-electron chi connectivity index (χ4n) is 2.27. The average Bonchev–Trinajstić information content (AvgIpc) is 2.55. The highest BCUT2D eigenvalue weighted by atomic mass is 35.5. The zero-order valence-electron chi connectivity index (χ0n) is 11.3. The number of carbonyl (C=O) groups excluding carboxylic acids is 1. The first-order valence-electron chi connectivity index (χ1n) is 6.70. The van der Waals surface area contributed by atoms with E-state index in [1.807, 2.05) is 54.6 Å². The molecule has 0 heterocycles. The fraction of sp³-hybridized carbons (Fsp3) is 0. The molecule has 0 atom stereocenters. The quantitative estimate of drug-likeness (QED) is 0.603. The Labute approximate surface area is 128 Å². The van der Waals surface area contributed by atoms with Crippen molar-refractivity contribution < 1.29 is 4.79 Å². The number of hydrogen-bond donors (Lipinski definition) is 0. The molecule has 0 radical (unpaired) electrons. The van der Waals surface area contributed by atoms with Crippen molar-refractivity contribution in [1.82, 2.24) is 0 Å². The molecule has 0 N–H and O–H groups in total. The Morgan fingerprint density at radius 3 is 2.00 bits per heavy atom. The summed E-state index contributed by atoms with van der Waals surface area (Å²) in [4.78, 5) is 12.5. The Morgan fingerprint density at radius 2 is 1.29 bits per heavy atom. The van der Waals surface area contributed by atoms with Crippen LogP contribution in [0.3, 0.4) is 0 Å². The van der Waals surface area contributed by atoms with Gasteiger partial charge in [0.15, 0.2) is 5.78 Å². The van der Waals surface area contributed by atoms with Crippen LogP contribution >= 0.6 is 11.6 Å². The highest BCUT2D eigenvalue weighted by molar-refractivity contribution is 6.31. The van der Waals surface area contributed by atoms with Crippen LogP contribution in [0.15, 0.2) is 78.9 Å². The lowest BCUT2D eigenvalue weighted by Gasteiger charge is -2.05. The third kappa shape index (κ3) is 3.04. The molecule has 102 valence electrons. The molecule has 0 saturated heterocycles. The first kappa shape index (κ1) is 13.6. The highest BCUT2D eigenvalue weighted by Gasteiger charge is 2.10. The largest absolute Gasteiger partial charge is 0.289 e. The first-order chi connectivity index (χ1) is 10.2. The van der Waals surface area contributed by atoms with Gasteiger partial charge in [-0.15, -0.1) is 0 Å². The summed E-state index contributed by atoms with van der Waals surface area (Å²) in [7, 11) is 0. The molecule has 0 aliphatic rings. The van der Waals surface area contributed by atoms with Gasteiger partial charge in [-0.3, -0.25) is 4.79 Å². The summed E-state index contributed by atoms with van der Waals surface area (Å²) in [6.07, 6.45) is 0. The zero-order valence-corrected chi connectivity index (χ0v) is 12.0. The van der Waals surface area contributed by atoms with E-state index in [1.54, 1.807) is 24.3 Å². The maximum Gasteiger partial charge on any atom is 0.193 e. The Balaban J connectivity index is 1.98. The molecule has 0 aliphatic carbocycles. The van der Waals surface area contributed by atoms with Crippen LogP contribution in [0.25, 0.3) is 11.1 Å². The van der Waals surface area contributed by atoms with Gasteiger partial charge in [-0.25, -0.2) is 0 Å². The molecule has 0 amide bonds. The maximum absolute atomic E-state index is 12.5. The van der Waals surface area contributed by atoms with Crippen LogP contribution in [0.2, 0.25) is 5.02 Å². The van der Waals surface area contributed by atoms with Gasteiger partial charge in [0, 0.05) is 16.1 Å². The van der Waals surface area contributed by atoms with Crippen molar-refractivity contribution in [2.24, 2.45) is 0 Å². The smallest absolute Gasteiger partial charge is 0.193 e. The summed E-state index contributed by atoms with van der Waals surface area (Å²) >= 11 is 5.95. The summed E-state index contributed by atoms with van der Waals surface area (Å²) in [5.41, 5.74) is 3.40. The minimum absolute atomic E-state index is 0.0183. The van der Waals surface area contributed by atoms with Crippen molar-refractivity contribution in [3.05, 3.63) is 95.0 Å². The van der Waals surface area contributed by atoms with E-state index >= 15 is 0 Å². The summed E-state index contributed by atoms with van der Waals surface area (Å²) in [6.45, 7) is 0. The average molecular weight is 293 g/mol. The number of hydrogen-bond acceptors (Lipinski definition) is 1. The molecule has 0 unspecified atom stereocenters. The number of benzene rings is 3. The third-order valence-corrected chi connectivity index (χ3v) is 3.55. The predicted molar refractivity (Wildman–Crippen MR) is 86.8 cm³/mol. The fourth-order valence-corrected chi connectivity index (χ4v) is 2.46. The summed E-state index contributed by atoms with van der Waals surface area (Å²) in [5, 5.41) is 0.570. The number of ketones is 1. The second-order valence-corrected chi connectivity index (χ2v) is 5.22. The molecule has 0 aromatic heterocycles. The summed E-state index contributed by atoms with van der Waals surface area (Å²) in [5.74, 6) is -0.0183. The van der Waals surface area contributed by atoms with Gasteiger partial charge in [0.1, 0.15) is 0 Å². The van der Waals surface area contributed by atoms with Crippen LogP contribution < -0.4 is 0 Å². The van der Waals surface area contributed by atoms with Crippen LogP contribution in [0.4, 0.5) is 0 Å². The van der Waals surface area contributed by atoms with Crippen molar-refractivity contribution in [2.75, 3.05) is 0 Å². The van der Waals surface area contributed by atoms with Crippen LogP contribution in [-0.4, -0.2) is 5.78 Å². The summed E-state index contributed by atoms with van der Waals surface area (Å²) in [6, 6.07) is 24.7. The second kappa shape index (κ2) is 5.94. The van der Waals surface area contributed by atoms with Gasteiger partial charge in [-0.1, -0.05) is 72.3 Å². The van der Waals surface area contributed by atoms with Crippen LogP contribution in [0.1, 0.15) is 15.9 Å². The lowest BCUT2D eigenvalue weighted by atomic mass is 9.98. The molecule has 0 aliphatic heterocycles. The van der Waals surface area contributed by atoms with Gasteiger partial charge in [0.05, 0.1) is 0 Å². The van der Waals surface area contributed by atoms with Crippen LogP contribution in [-0.2, 0) is 0 Å². The standard InChI is InChI=1S/C19H13ClO/c20-18-11-5-10-17(13-18)19(21)16-9-4-8-15(12-16)14-6-2-1-3-7-14/h1-13H. The van der Waals surface area contributed by atoms with E-state index in [4.69, 9.17) is 11.6 Å². The molecular weight excluding hydrogens is 280 g/mol. The molecule has 0 spiro atoms. The van der Waals surface area contributed by atoms with Crippen molar-refractivity contribution in [2.45, 2.75) is 0 Å². The third-order valence-electron chi connectivity index (χ3n) is 3.32. The monoisotopic (exact) mass is 292 g/mol. The Hall–Kier alpha value is -2.38. The minimum atomic E-state index is -0.0183. The topological polar surface area (TPSA) is 17.1 Å². The van der Waals surface area contributed by atoms with E-state index in [-0.39, 0.29) is 5.78 Å². The lowest BCUT2D eigenvalue weighted by Crippen LogP contribution is -2.01. The SMILES string of the molecule is O=C(c1cccc(Cl)c1)c1cccc(-c2ccccc2)c1. The van der Waals surface area contributed by atoms with Gasteiger partial charge < -0.3 is 0 Å². The molecule has 3 rings (SSSR count). The van der Waals surface area contributed by atoms with Gasteiger partial charge >= 0.3 is 0 Å². The van der Waals surface area contributed by atoms with E-state index in [0.29, 0.717) is 16.1 Å². The Kier molecular flexibility index (Phi) is 3.85. The predicted octanol–water partition coefficient (Wildman–Crippen LogP) is 5.24. The van der Waals surface area contributed by atoms with Crippen molar-refractivity contribution in [3.63, 3.8) is 0 Å². The van der Waals surface area contributed by atoms with Gasteiger partial charge in [-0.2, -0.15) is 0 Å². The minimum Gasteiger partial charge on any atom is -0.289 e. The van der Waals surface area contributed by atoms with E-state index in [2.05, 4.69) is 0 Å². The second-order valence-electron chi connectivity index (χ2n) is 4.79. The number of halogens is 1. The van der Waals surface area contributed by atoms with Crippen molar-refractivity contribution in [3.8, 4) is 11.1 Å². The molecular formula is C19H13ClO. The number of carbonyl (C=O) groups is 1. The lowest BCUT2D eigenvalue weighted by molar-refractivity contribution is 0.103. The molecule has 0 saturated carbocycles. The maximum atomic E-state index is 12.5. The zero-order chi connectivity index (χ0) is 14.7. The van der Waals surface area contributed by atoms with Crippen molar-refractivity contribution in [1.29, 1.82) is 0 Å². The van der Waals surface area contributed by atoms with Crippen LogP contribution in [0, 0.1) is 0 Å². The molecule has 21 heavy (non-hydrogen) atoms. The van der Waals surface area contributed by atoms with Gasteiger partial charge in [0.2, 0.25) is 0 Å². The van der Waals surface area contributed by atoms with E-state index in [1.165, 1.54) is 0 Å². The first-order valence-corrected chi connectivity index (χ1v) is 7.07. The Bertz CT molecular complexity index is 778. The molecule has 1 nitrogen and oxygen atoms in total. The van der Waals surface area contributed by atoms with E-state index < -0.39 is 0 Å². The van der Waals surface area contributed by atoms with Gasteiger partial charge in [0.25, 0.3) is 0 Å². The van der Waals surface area contributed by atoms with E-state index in [9.17, 15) is 4.79 Å².